The zero-order valence-electron chi connectivity index (χ0n) is 8.49. The van der Waals surface area contributed by atoms with Crippen molar-refractivity contribution >= 4 is 5.97 Å². The fraction of sp³-hybridized carbons (Fsp3) is 0.889. The van der Waals surface area contributed by atoms with Crippen molar-refractivity contribution in [2.24, 2.45) is 0 Å². The van der Waals surface area contributed by atoms with Crippen LogP contribution in [0.1, 0.15) is 27.2 Å². The highest BCUT2D eigenvalue weighted by Gasteiger charge is 2.43. The Labute approximate surface area is 78.2 Å². The molecule has 0 saturated carbocycles. The van der Waals surface area contributed by atoms with E-state index in [0.717, 1.165) is 6.42 Å². The van der Waals surface area contributed by atoms with Crippen LogP contribution in [0.4, 0.5) is 0 Å². The summed E-state index contributed by atoms with van der Waals surface area (Å²) in [6.07, 6.45) is 0.841. The lowest BCUT2D eigenvalue weighted by molar-refractivity contribution is -0.296. The minimum atomic E-state index is -1.23. The summed E-state index contributed by atoms with van der Waals surface area (Å²) in [5.74, 6) is -1.71. The standard InChI is InChI=1S/C9H16O4/c1-6-5-7(2)13-9(3,12-6)8(10)11-4/h6-7H,5H2,1-4H3. The molecule has 0 spiro atoms. The smallest absolute Gasteiger partial charge is 0.366 e. The Bertz CT molecular complexity index is 192. The normalized spacial score (nSPS) is 40.0. The van der Waals surface area contributed by atoms with Crippen LogP contribution < -0.4 is 0 Å². The van der Waals surface area contributed by atoms with Crippen molar-refractivity contribution in [3.8, 4) is 0 Å². The first-order valence-electron chi connectivity index (χ1n) is 4.42. The molecule has 13 heavy (non-hydrogen) atoms. The first-order valence-corrected chi connectivity index (χ1v) is 4.42. The molecule has 0 amide bonds. The SMILES string of the molecule is COC(=O)C1(C)OC(C)CC(C)O1. The molecule has 2 unspecified atom stereocenters. The van der Waals surface area contributed by atoms with Crippen LogP contribution in [-0.4, -0.2) is 31.1 Å². The number of esters is 1. The summed E-state index contributed by atoms with van der Waals surface area (Å²) in [6.45, 7) is 5.42. The monoisotopic (exact) mass is 188 g/mol. The summed E-state index contributed by atoms with van der Waals surface area (Å²) < 4.78 is 15.4. The number of ether oxygens (including phenoxy) is 3. The molecule has 0 N–H and O–H groups in total. The molecule has 76 valence electrons. The van der Waals surface area contributed by atoms with E-state index >= 15 is 0 Å². The van der Waals surface area contributed by atoms with Crippen LogP contribution >= 0.6 is 0 Å². The Hall–Kier alpha value is -0.610. The summed E-state index contributed by atoms with van der Waals surface area (Å²) in [5.41, 5.74) is 0. The van der Waals surface area contributed by atoms with E-state index < -0.39 is 11.8 Å². The van der Waals surface area contributed by atoms with Crippen molar-refractivity contribution < 1.29 is 19.0 Å². The fourth-order valence-electron chi connectivity index (χ4n) is 1.64. The largest absolute Gasteiger partial charge is 0.465 e. The summed E-state index contributed by atoms with van der Waals surface area (Å²) >= 11 is 0. The van der Waals surface area contributed by atoms with Crippen molar-refractivity contribution in [1.29, 1.82) is 0 Å². The molecule has 1 rings (SSSR count). The molecule has 4 nitrogen and oxygen atoms in total. The predicted octanol–water partition coefficient (Wildman–Crippen LogP) is 1.09. The number of carbonyl (C=O) groups is 1. The van der Waals surface area contributed by atoms with Gasteiger partial charge in [-0.1, -0.05) is 0 Å². The quantitative estimate of drug-likeness (QED) is 0.578. The lowest BCUT2D eigenvalue weighted by Crippen LogP contribution is -2.50. The van der Waals surface area contributed by atoms with Gasteiger partial charge in [-0.05, 0) is 20.3 Å². The van der Waals surface area contributed by atoms with Crippen LogP contribution in [0, 0.1) is 0 Å². The van der Waals surface area contributed by atoms with Crippen LogP contribution in [0.3, 0.4) is 0 Å². The Kier molecular flexibility index (Phi) is 2.93. The highest BCUT2D eigenvalue weighted by atomic mass is 16.7. The van der Waals surface area contributed by atoms with Crippen LogP contribution in [0.2, 0.25) is 0 Å². The fourth-order valence-corrected chi connectivity index (χ4v) is 1.64. The number of rotatable bonds is 1. The van der Waals surface area contributed by atoms with Gasteiger partial charge in [-0.2, -0.15) is 0 Å². The molecule has 1 aliphatic rings. The highest BCUT2D eigenvalue weighted by Crippen LogP contribution is 2.27. The second-order valence-corrected chi connectivity index (χ2v) is 3.53. The summed E-state index contributed by atoms with van der Waals surface area (Å²) in [5, 5.41) is 0. The van der Waals surface area contributed by atoms with Crippen LogP contribution in [-0.2, 0) is 19.0 Å². The van der Waals surface area contributed by atoms with E-state index in [2.05, 4.69) is 4.74 Å². The predicted molar refractivity (Wildman–Crippen MR) is 46.1 cm³/mol. The minimum absolute atomic E-state index is 0.0212. The van der Waals surface area contributed by atoms with Gasteiger partial charge in [-0.15, -0.1) is 0 Å². The Morgan fingerprint density at radius 2 is 1.85 bits per heavy atom. The molecular weight excluding hydrogens is 172 g/mol. The Morgan fingerprint density at radius 1 is 1.38 bits per heavy atom. The van der Waals surface area contributed by atoms with Crippen LogP contribution in [0.25, 0.3) is 0 Å². The number of carbonyl (C=O) groups excluding carboxylic acids is 1. The molecule has 0 aromatic rings. The molecule has 1 fully saturated rings. The molecule has 0 aromatic heterocycles. The molecule has 2 atom stereocenters. The van der Waals surface area contributed by atoms with Gasteiger partial charge in [0.15, 0.2) is 0 Å². The molecular formula is C9H16O4. The number of methoxy groups -OCH3 is 1. The van der Waals surface area contributed by atoms with Gasteiger partial charge in [0.1, 0.15) is 0 Å². The van der Waals surface area contributed by atoms with Crippen molar-refractivity contribution in [1.82, 2.24) is 0 Å². The molecule has 0 aliphatic carbocycles. The van der Waals surface area contributed by atoms with E-state index in [0.29, 0.717) is 0 Å². The lowest BCUT2D eigenvalue weighted by Gasteiger charge is -2.38. The first-order chi connectivity index (χ1) is 5.98. The molecule has 0 radical (unpaired) electrons. The maximum absolute atomic E-state index is 11.3. The van der Waals surface area contributed by atoms with Gasteiger partial charge in [0.25, 0.3) is 5.79 Å². The molecule has 4 heteroatoms. The van der Waals surface area contributed by atoms with E-state index in [9.17, 15) is 4.79 Å². The first kappa shape index (κ1) is 10.5. The maximum Gasteiger partial charge on any atom is 0.366 e. The molecule has 0 aromatic carbocycles. The van der Waals surface area contributed by atoms with E-state index in [1.54, 1.807) is 6.92 Å². The average Bonchev–Trinajstić information content (AvgIpc) is 2.00. The van der Waals surface area contributed by atoms with Gasteiger partial charge in [0.05, 0.1) is 19.3 Å². The number of hydrogen-bond acceptors (Lipinski definition) is 4. The molecule has 1 heterocycles. The van der Waals surface area contributed by atoms with Gasteiger partial charge in [-0.25, -0.2) is 4.79 Å². The van der Waals surface area contributed by atoms with Gasteiger partial charge in [-0.3, -0.25) is 0 Å². The second-order valence-electron chi connectivity index (χ2n) is 3.53. The van der Waals surface area contributed by atoms with Crippen molar-refractivity contribution in [3.05, 3.63) is 0 Å². The topological polar surface area (TPSA) is 44.8 Å². The van der Waals surface area contributed by atoms with Crippen molar-refractivity contribution in [2.75, 3.05) is 7.11 Å². The third-order valence-electron chi connectivity index (χ3n) is 2.07. The van der Waals surface area contributed by atoms with E-state index in [1.807, 2.05) is 13.8 Å². The molecule has 1 saturated heterocycles. The van der Waals surface area contributed by atoms with Crippen molar-refractivity contribution in [2.45, 2.75) is 45.2 Å². The summed E-state index contributed by atoms with van der Waals surface area (Å²) in [6, 6.07) is 0. The van der Waals surface area contributed by atoms with E-state index in [1.165, 1.54) is 7.11 Å². The van der Waals surface area contributed by atoms with Gasteiger partial charge in [0, 0.05) is 6.92 Å². The summed E-state index contributed by atoms with van der Waals surface area (Å²) in [7, 11) is 1.32. The Balaban J connectivity index is 2.71. The maximum atomic E-state index is 11.3. The zero-order valence-corrected chi connectivity index (χ0v) is 8.49. The van der Waals surface area contributed by atoms with Crippen LogP contribution in [0.5, 0.6) is 0 Å². The minimum Gasteiger partial charge on any atom is -0.465 e. The lowest BCUT2D eigenvalue weighted by atomic mass is 10.1. The van der Waals surface area contributed by atoms with Crippen molar-refractivity contribution in [3.63, 3.8) is 0 Å². The van der Waals surface area contributed by atoms with Gasteiger partial charge < -0.3 is 14.2 Å². The third kappa shape index (κ3) is 2.19. The third-order valence-corrected chi connectivity index (χ3v) is 2.07. The highest BCUT2D eigenvalue weighted by molar-refractivity contribution is 5.77. The number of hydrogen-bond donors (Lipinski definition) is 0. The van der Waals surface area contributed by atoms with E-state index in [4.69, 9.17) is 9.47 Å². The van der Waals surface area contributed by atoms with E-state index in [-0.39, 0.29) is 12.2 Å². The van der Waals surface area contributed by atoms with Gasteiger partial charge in [0.2, 0.25) is 0 Å². The molecule has 0 bridgehead atoms. The van der Waals surface area contributed by atoms with Gasteiger partial charge >= 0.3 is 5.97 Å². The Morgan fingerprint density at radius 3 is 2.23 bits per heavy atom. The molecule has 1 aliphatic heterocycles. The second kappa shape index (κ2) is 3.64. The zero-order chi connectivity index (χ0) is 10.1. The summed E-state index contributed by atoms with van der Waals surface area (Å²) in [4.78, 5) is 11.3. The van der Waals surface area contributed by atoms with Crippen LogP contribution in [0.15, 0.2) is 0 Å². The average molecular weight is 188 g/mol.